The quantitative estimate of drug-likeness (QED) is 0.215. The lowest BCUT2D eigenvalue weighted by Gasteiger charge is -2.21. The topological polar surface area (TPSA) is 97.2 Å². The van der Waals surface area contributed by atoms with Crippen molar-refractivity contribution in [3.8, 4) is 17.2 Å². The number of H-pyrrole nitrogens is 1. The van der Waals surface area contributed by atoms with E-state index >= 15 is 0 Å². The van der Waals surface area contributed by atoms with Gasteiger partial charge in [0.15, 0.2) is 0 Å². The number of hydrogen-bond donors (Lipinski definition) is 2. The normalized spacial score (nSPS) is 10.8. The van der Waals surface area contributed by atoms with Crippen LogP contribution in [0.1, 0.15) is 21.6 Å². The first kappa shape index (κ1) is 22.9. The number of hydrazine groups is 1. The Morgan fingerprint density at radius 2 is 2.00 bits per heavy atom. The number of anilines is 1. The molecule has 0 aliphatic carbocycles. The predicted octanol–water partition coefficient (Wildman–Crippen LogP) is 5.02. The summed E-state index contributed by atoms with van der Waals surface area (Å²) in [5.41, 5.74) is 7.57. The number of hydrogen-bond acceptors (Lipinski definition) is 4. The first-order valence-electron chi connectivity index (χ1n) is 10.6. The van der Waals surface area contributed by atoms with E-state index in [2.05, 4.69) is 26.5 Å². The Morgan fingerprint density at radius 1 is 1.15 bits per heavy atom. The van der Waals surface area contributed by atoms with Gasteiger partial charge in [0.2, 0.25) is 0 Å². The molecular formula is C26H21ClN6O. The molecule has 0 atom stereocenters. The van der Waals surface area contributed by atoms with Crippen molar-refractivity contribution in [2.75, 3.05) is 11.6 Å². The van der Waals surface area contributed by atoms with Crippen LogP contribution in [0.15, 0.2) is 90.3 Å². The Balaban J connectivity index is 1.60. The summed E-state index contributed by atoms with van der Waals surface area (Å²) in [6, 6.07) is 24.1. The van der Waals surface area contributed by atoms with Crippen LogP contribution in [0.2, 0.25) is 5.02 Å². The van der Waals surface area contributed by atoms with Crippen molar-refractivity contribution in [2.45, 2.75) is 6.42 Å². The summed E-state index contributed by atoms with van der Waals surface area (Å²) in [5, 5.41) is 11.9. The van der Waals surface area contributed by atoms with E-state index in [1.807, 2.05) is 42.5 Å². The Hall–Kier alpha value is -4.25. The molecule has 34 heavy (non-hydrogen) atoms. The van der Waals surface area contributed by atoms with Crippen LogP contribution >= 0.6 is 11.6 Å². The maximum Gasteiger partial charge on any atom is 0.278 e. The summed E-state index contributed by atoms with van der Waals surface area (Å²) in [7, 11) is 0. The largest absolute Gasteiger partial charge is 0.348 e. The fourth-order valence-electron chi connectivity index (χ4n) is 3.38. The second kappa shape index (κ2) is 11.1. The van der Waals surface area contributed by atoms with Gasteiger partial charge >= 0.3 is 0 Å². The van der Waals surface area contributed by atoms with Crippen LogP contribution in [0.25, 0.3) is 11.1 Å². The smallest absolute Gasteiger partial charge is 0.278 e. The molecule has 7 nitrogen and oxygen atoms in total. The molecule has 0 fully saturated rings. The predicted molar refractivity (Wildman–Crippen MR) is 134 cm³/mol. The third kappa shape index (κ3) is 5.75. The van der Waals surface area contributed by atoms with Gasteiger partial charge in [0.05, 0.1) is 23.6 Å². The van der Waals surface area contributed by atoms with E-state index in [0.29, 0.717) is 34.8 Å². The van der Waals surface area contributed by atoms with Gasteiger partial charge in [-0.3, -0.25) is 9.80 Å². The van der Waals surface area contributed by atoms with E-state index < -0.39 is 5.91 Å². The van der Waals surface area contributed by atoms with Crippen molar-refractivity contribution in [1.29, 1.82) is 5.26 Å². The summed E-state index contributed by atoms with van der Waals surface area (Å²) in [4.78, 5) is 23.8. The molecule has 1 heterocycles. The number of carbonyl (C=O) groups excluding carboxylic acids is 1. The lowest BCUT2D eigenvalue weighted by molar-refractivity contribution is 0.100. The van der Waals surface area contributed by atoms with Gasteiger partial charge in [0.1, 0.15) is 6.34 Å². The number of benzene rings is 3. The SMILES string of the molecule is N#Cc1cc(N(C=NC(=O)c2cccc(Cl)c2)NCCc2cnc[nH]2)ccc1-c1ccccc1. The van der Waals surface area contributed by atoms with Crippen molar-refractivity contribution in [1.82, 2.24) is 15.4 Å². The summed E-state index contributed by atoms with van der Waals surface area (Å²) >= 11 is 6.00. The standard InChI is InChI=1S/C26H21ClN6O/c27-22-8-4-7-20(13-22)26(34)31-18-33(32-12-11-23-16-29-17-30-23)24-9-10-25(21(14-24)15-28)19-5-2-1-3-6-19/h1-10,13-14,16-18,32H,11-12H2,(H,29,30). The number of nitrogens with zero attached hydrogens (tertiary/aromatic N) is 4. The van der Waals surface area contributed by atoms with Crippen LogP contribution < -0.4 is 10.4 Å². The number of nitrogens with one attached hydrogen (secondary N) is 2. The zero-order valence-corrected chi connectivity index (χ0v) is 18.9. The van der Waals surface area contributed by atoms with Crippen LogP contribution in [0.3, 0.4) is 0 Å². The number of aliphatic imine (C=N–C) groups is 1. The summed E-state index contributed by atoms with van der Waals surface area (Å²) in [5.74, 6) is -0.427. The summed E-state index contributed by atoms with van der Waals surface area (Å²) in [6.45, 7) is 0.544. The van der Waals surface area contributed by atoms with Gasteiger partial charge in [-0.2, -0.15) is 10.3 Å². The molecule has 8 heteroatoms. The Labute approximate surface area is 202 Å². The van der Waals surface area contributed by atoms with E-state index in [0.717, 1.165) is 16.8 Å². The highest BCUT2D eigenvalue weighted by molar-refractivity contribution is 6.31. The summed E-state index contributed by atoms with van der Waals surface area (Å²) < 4.78 is 0. The molecule has 0 bridgehead atoms. The number of nitriles is 1. The Kier molecular flexibility index (Phi) is 7.45. The summed E-state index contributed by atoms with van der Waals surface area (Å²) in [6.07, 6.45) is 5.47. The van der Waals surface area contributed by atoms with E-state index in [1.54, 1.807) is 47.9 Å². The number of amides is 1. The van der Waals surface area contributed by atoms with Gasteiger partial charge in [0.25, 0.3) is 5.91 Å². The number of halogens is 1. The molecule has 3 aromatic carbocycles. The molecule has 2 N–H and O–H groups in total. The Morgan fingerprint density at radius 3 is 2.74 bits per heavy atom. The minimum Gasteiger partial charge on any atom is -0.348 e. The first-order valence-corrected chi connectivity index (χ1v) is 11.0. The van der Waals surface area contributed by atoms with Crippen molar-refractivity contribution in [3.63, 3.8) is 0 Å². The number of imidazole rings is 1. The lowest BCUT2D eigenvalue weighted by atomic mass is 10.00. The van der Waals surface area contributed by atoms with Gasteiger partial charge in [-0.05, 0) is 41.5 Å². The molecule has 0 spiro atoms. The minimum absolute atomic E-state index is 0.387. The number of aromatic nitrogens is 2. The van der Waals surface area contributed by atoms with Crippen LogP contribution in [-0.2, 0) is 6.42 Å². The lowest BCUT2D eigenvalue weighted by Crippen LogP contribution is -2.38. The third-order valence-electron chi connectivity index (χ3n) is 5.08. The van der Waals surface area contributed by atoms with Crippen molar-refractivity contribution < 1.29 is 4.79 Å². The maximum absolute atomic E-state index is 12.6. The highest BCUT2D eigenvalue weighted by Crippen LogP contribution is 2.27. The number of carbonyl (C=O) groups is 1. The second-order valence-corrected chi connectivity index (χ2v) is 7.81. The fraction of sp³-hybridized carbons (Fsp3) is 0.0769. The van der Waals surface area contributed by atoms with Crippen molar-refractivity contribution >= 4 is 29.5 Å². The molecular weight excluding hydrogens is 448 g/mol. The number of aromatic amines is 1. The van der Waals surface area contributed by atoms with E-state index in [-0.39, 0.29) is 0 Å². The van der Waals surface area contributed by atoms with E-state index in [9.17, 15) is 10.1 Å². The average molecular weight is 469 g/mol. The minimum atomic E-state index is -0.427. The highest BCUT2D eigenvalue weighted by Gasteiger charge is 2.11. The van der Waals surface area contributed by atoms with Crippen LogP contribution in [-0.4, -0.2) is 28.8 Å². The average Bonchev–Trinajstić information content (AvgIpc) is 3.39. The molecule has 0 saturated carbocycles. The van der Waals surface area contributed by atoms with Gasteiger partial charge in [-0.25, -0.2) is 10.4 Å². The number of rotatable bonds is 8. The monoisotopic (exact) mass is 468 g/mol. The third-order valence-corrected chi connectivity index (χ3v) is 5.32. The Bertz CT molecular complexity index is 1330. The van der Waals surface area contributed by atoms with E-state index in [4.69, 9.17) is 11.6 Å². The van der Waals surface area contributed by atoms with Gasteiger partial charge < -0.3 is 4.98 Å². The van der Waals surface area contributed by atoms with Crippen LogP contribution in [0, 0.1) is 11.3 Å². The molecule has 1 amide bonds. The molecule has 0 saturated heterocycles. The molecule has 4 aromatic rings. The first-order chi connectivity index (χ1) is 16.6. The molecule has 0 aliphatic rings. The molecule has 0 unspecified atom stereocenters. The molecule has 0 radical (unpaired) electrons. The van der Waals surface area contributed by atoms with Gasteiger partial charge in [-0.15, -0.1) is 0 Å². The van der Waals surface area contributed by atoms with Crippen molar-refractivity contribution in [2.24, 2.45) is 4.99 Å². The fourth-order valence-corrected chi connectivity index (χ4v) is 3.57. The maximum atomic E-state index is 12.6. The second-order valence-electron chi connectivity index (χ2n) is 7.37. The zero-order valence-electron chi connectivity index (χ0n) is 18.1. The van der Waals surface area contributed by atoms with Crippen LogP contribution in [0.5, 0.6) is 0 Å². The molecule has 168 valence electrons. The van der Waals surface area contributed by atoms with E-state index in [1.165, 1.54) is 6.34 Å². The molecule has 4 rings (SSSR count). The zero-order chi connectivity index (χ0) is 23.8. The van der Waals surface area contributed by atoms with Crippen molar-refractivity contribution in [3.05, 3.63) is 107 Å². The highest BCUT2D eigenvalue weighted by atomic mass is 35.5. The molecule has 1 aromatic heterocycles. The molecule has 0 aliphatic heterocycles. The van der Waals surface area contributed by atoms with Gasteiger partial charge in [0, 0.05) is 35.4 Å². The van der Waals surface area contributed by atoms with Crippen LogP contribution in [0.4, 0.5) is 5.69 Å². The van der Waals surface area contributed by atoms with Gasteiger partial charge in [-0.1, -0.05) is 54.1 Å².